The number of rotatable bonds is 3. The van der Waals surface area contributed by atoms with Gasteiger partial charge < -0.3 is 4.74 Å². The summed E-state index contributed by atoms with van der Waals surface area (Å²) < 4.78 is 18.5. The lowest BCUT2D eigenvalue weighted by Gasteiger charge is -2.07. The third-order valence-electron chi connectivity index (χ3n) is 3.18. The van der Waals surface area contributed by atoms with Crippen LogP contribution in [0.5, 0.6) is 11.5 Å². The van der Waals surface area contributed by atoms with E-state index in [0.717, 1.165) is 11.1 Å². The Bertz CT molecular complexity index is 840. The van der Waals surface area contributed by atoms with Crippen molar-refractivity contribution in [3.8, 4) is 22.8 Å². The lowest BCUT2D eigenvalue weighted by Crippen LogP contribution is -2.08. The fourth-order valence-corrected chi connectivity index (χ4v) is 2.11. The number of nitrogens with one attached hydrogen (secondary N) is 1. The first-order valence-electron chi connectivity index (χ1n) is 6.72. The van der Waals surface area contributed by atoms with Gasteiger partial charge >= 0.3 is 0 Å². The number of aromatic nitrogens is 2. The second-order valence-electron chi connectivity index (χ2n) is 4.84. The highest BCUT2D eigenvalue weighted by Crippen LogP contribution is 2.25. The van der Waals surface area contributed by atoms with E-state index in [1.54, 1.807) is 24.3 Å². The summed E-state index contributed by atoms with van der Waals surface area (Å²) in [5.41, 5.74) is 2.17. The molecule has 0 aliphatic rings. The average molecular weight is 296 g/mol. The van der Waals surface area contributed by atoms with Crippen LogP contribution in [0.3, 0.4) is 0 Å². The zero-order chi connectivity index (χ0) is 15.5. The Labute approximate surface area is 126 Å². The third-order valence-corrected chi connectivity index (χ3v) is 3.18. The third kappa shape index (κ3) is 3.03. The van der Waals surface area contributed by atoms with Gasteiger partial charge in [-0.3, -0.25) is 4.79 Å². The van der Waals surface area contributed by atoms with Crippen LogP contribution in [0.1, 0.15) is 5.56 Å². The number of nitrogens with zero attached hydrogens (tertiary/aromatic N) is 1. The topological polar surface area (TPSA) is 55.0 Å². The highest BCUT2D eigenvalue weighted by molar-refractivity contribution is 5.62. The van der Waals surface area contributed by atoms with Crippen molar-refractivity contribution in [2.75, 3.05) is 0 Å². The lowest BCUT2D eigenvalue weighted by atomic mass is 10.1. The van der Waals surface area contributed by atoms with Crippen molar-refractivity contribution < 1.29 is 9.13 Å². The largest absolute Gasteiger partial charge is 0.457 e. The Hall–Kier alpha value is -2.95. The van der Waals surface area contributed by atoms with E-state index in [2.05, 4.69) is 10.2 Å². The lowest BCUT2D eigenvalue weighted by molar-refractivity contribution is 0.480. The van der Waals surface area contributed by atoms with Gasteiger partial charge in [0.05, 0.1) is 5.69 Å². The molecule has 0 bridgehead atoms. The molecule has 1 heterocycles. The van der Waals surface area contributed by atoms with E-state index in [4.69, 9.17) is 4.74 Å². The van der Waals surface area contributed by atoms with Gasteiger partial charge in [-0.15, -0.1) is 0 Å². The molecule has 0 saturated carbocycles. The standard InChI is InChI=1S/C17H13FN2O2/c1-11-10-16(21)19-20-17(11)12-2-6-14(7-3-12)22-15-8-4-13(18)5-9-15/h2-10H,1H3,(H,19,21). The van der Waals surface area contributed by atoms with E-state index in [9.17, 15) is 9.18 Å². The van der Waals surface area contributed by atoms with E-state index < -0.39 is 0 Å². The molecule has 110 valence electrons. The molecule has 1 aromatic heterocycles. The molecule has 0 saturated heterocycles. The number of halogens is 1. The zero-order valence-electron chi connectivity index (χ0n) is 11.8. The molecule has 0 atom stereocenters. The molecule has 0 spiro atoms. The van der Waals surface area contributed by atoms with E-state index in [0.29, 0.717) is 17.2 Å². The highest BCUT2D eigenvalue weighted by Gasteiger charge is 2.05. The molecule has 1 N–H and O–H groups in total. The molecule has 0 aliphatic carbocycles. The smallest absolute Gasteiger partial charge is 0.264 e. The first-order valence-corrected chi connectivity index (χ1v) is 6.72. The predicted molar refractivity (Wildman–Crippen MR) is 81.5 cm³/mol. The van der Waals surface area contributed by atoms with E-state index in [1.807, 2.05) is 19.1 Å². The van der Waals surface area contributed by atoms with Crippen molar-refractivity contribution in [3.63, 3.8) is 0 Å². The summed E-state index contributed by atoms with van der Waals surface area (Å²) in [5.74, 6) is 0.896. The molecular formula is C17H13FN2O2. The number of hydrogen-bond acceptors (Lipinski definition) is 3. The van der Waals surface area contributed by atoms with Crippen LogP contribution in [0.4, 0.5) is 4.39 Å². The zero-order valence-corrected chi connectivity index (χ0v) is 11.8. The molecular weight excluding hydrogens is 283 g/mol. The van der Waals surface area contributed by atoms with E-state index in [-0.39, 0.29) is 11.4 Å². The number of aryl methyl sites for hydroxylation is 1. The van der Waals surface area contributed by atoms with Gasteiger partial charge in [0, 0.05) is 11.6 Å². The van der Waals surface area contributed by atoms with Crippen LogP contribution in [0.2, 0.25) is 0 Å². The minimum Gasteiger partial charge on any atom is -0.457 e. The SMILES string of the molecule is Cc1cc(=O)[nH]nc1-c1ccc(Oc2ccc(F)cc2)cc1. The summed E-state index contributed by atoms with van der Waals surface area (Å²) >= 11 is 0. The summed E-state index contributed by atoms with van der Waals surface area (Å²) in [4.78, 5) is 11.2. The Kier molecular flexibility index (Phi) is 3.70. The maximum absolute atomic E-state index is 12.8. The van der Waals surface area contributed by atoms with Gasteiger partial charge in [-0.05, 0) is 61.0 Å². The van der Waals surface area contributed by atoms with Crippen LogP contribution >= 0.6 is 0 Å². The second kappa shape index (κ2) is 5.81. The van der Waals surface area contributed by atoms with E-state index in [1.165, 1.54) is 18.2 Å². The highest BCUT2D eigenvalue weighted by atomic mass is 19.1. The summed E-state index contributed by atoms with van der Waals surface area (Å²) in [6.07, 6.45) is 0. The number of aromatic amines is 1. The molecule has 3 rings (SSSR count). The maximum Gasteiger partial charge on any atom is 0.264 e. The molecule has 5 heteroatoms. The molecule has 0 fully saturated rings. The molecule has 2 aromatic carbocycles. The van der Waals surface area contributed by atoms with Crippen LogP contribution in [-0.4, -0.2) is 10.2 Å². The van der Waals surface area contributed by atoms with Crippen LogP contribution in [-0.2, 0) is 0 Å². The maximum atomic E-state index is 12.8. The number of benzene rings is 2. The molecule has 0 aliphatic heterocycles. The fourth-order valence-electron chi connectivity index (χ4n) is 2.11. The minimum absolute atomic E-state index is 0.225. The number of ether oxygens (including phenoxy) is 1. The van der Waals surface area contributed by atoms with Gasteiger partial charge in [0.15, 0.2) is 0 Å². The average Bonchev–Trinajstić information content (AvgIpc) is 2.51. The van der Waals surface area contributed by atoms with Crippen molar-refractivity contribution in [3.05, 3.63) is 76.3 Å². The Morgan fingerprint density at radius 2 is 1.59 bits per heavy atom. The Morgan fingerprint density at radius 3 is 2.18 bits per heavy atom. The monoisotopic (exact) mass is 296 g/mol. The van der Waals surface area contributed by atoms with E-state index >= 15 is 0 Å². The summed E-state index contributed by atoms with van der Waals surface area (Å²) in [6, 6.07) is 14.6. The summed E-state index contributed by atoms with van der Waals surface area (Å²) in [5, 5.41) is 6.48. The van der Waals surface area contributed by atoms with Gasteiger partial charge in [0.1, 0.15) is 17.3 Å². The normalized spacial score (nSPS) is 10.5. The summed E-state index contributed by atoms with van der Waals surface area (Å²) in [7, 11) is 0. The molecule has 0 radical (unpaired) electrons. The van der Waals surface area contributed by atoms with Crippen LogP contribution in [0, 0.1) is 12.7 Å². The van der Waals surface area contributed by atoms with Crippen molar-refractivity contribution in [1.82, 2.24) is 10.2 Å². The van der Waals surface area contributed by atoms with Gasteiger partial charge in [0.25, 0.3) is 5.56 Å². The number of H-pyrrole nitrogens is 1. The van der Waals surface area contributed by atoms with Crippen LogP contribution in [0.25, 0.3) is 11.3 Å². The Balaban J connectivity index is 1.83. The molecule has 3 aromatic rings. The minimum atomic E-state index is -0.303. The molecule has 0 unspecified atom stereocenters. The second-order valence-corrected chi connectivity index (χ2v) is 4.84. The van der Waals surface area contributed by atoms with Crippen LogP contribution < -0.4 is 10.3 Å². The predicted octanol–water partition coefficient (Wildman–Crippen LogP) is 3.68. The first-order chi connectivity index (χ1) is 10.6. The quantitative estimate of drug-likeness (QED) is 0.802. The van der Waals surface area contributed by atoms with Crippen molar-refractivity contribution in [2.24, 2.45) is 0 Å². The molecule has 4 nitrogen and oxygen atoms in total. The fraction of sp³-hybridized carbons (Fsp3) is 0.0588. The first kappa shape index (κ1) is 14.0. The van der Waals surface area contributed by atoms with Crippen molar-refractivity contribution >= 4 is 0 Å². The summed E-state index contributed by atoms with van der Waals surface area (Å²) in [6.45, 7) is 1.83. The van der Waals surface area contributed by atoms with Crippen molar-refractivity contribution in [1.29, 1.82) is 0 Å². The number of hydrogen-bond donors (Lipinski definition) is 1. The van der Waals surface area contributed by atoms with Gasteiger partial charge in [-0.25, -0.2) is 9.49 Å². The van der Waals surface area contributed by atoms with Crippen molar-refractivity contribution in [2.45, 2.75) is 6.92 Å². The molecule has 0 amide bonds. The van der Waals surface area contributed by atoms with Gasteiger partial charge in [0.2, 0.25) is 0 Å². The van der Waals surface area contributed by atoms with Crippen LogP contribution in [0.15, 0.2) is 59.4 Å². The Morgan fingerprint density at radius 1 is 1.00 bits per heavy atom. The van der Waals surface area contributed by atoms with Gasteiger partial charge in [-0.2, -0.15) is 5.10 Å². The van der Waals surface area contributed by atoms with Gasteiger partial charge in [-0.1, -0.05) is 0 Å². The molecule has 22 heavy (non-hydrogen) atoms.